The molecule has 0 saturated carbocycles. The summed E-state index contributed by atoms with van der Waals surface area (Å²) < 4.78 is 19.0. The minimum atomic E-state index is -0.298. The third kappa shape index (κ3) is 3.78. The van der Waals surface area contributed by atoms with Crippen LogP contribution in [0, 0.1) is 12.7 Å². The van der Waals surface area contributed by atoms with Crippen molar-refractivity contribution in [3.63, 3.8) is 0 Å². The van der Waals surface area contributed by atoms with E-state index in [0.29, 0.717) is 10.4 Å². The Bertz CT molecular complexity index is 918. The first-order chi connectivity index (χ1) is 12.5. The molecule has 0 radical (unpaired) electrons. The number of hydrogen-bond donors (Lipinski definition) is 0. The zero-order valence-electron chi connectivity index (χ0n) is 15.0. The molecular formula is C21H20FNO2S. The van der Waals surface area contributed by atoms with Gasteiger partial charge in [-0.25, -0.2) is 4.39 Å². The van der Waals surface area contributed by atoms with Gasteiger partial charge < -0.3 is 9.64 Å². The molecule has 0 bridgehead atoms. The highest BCUT2D eigenvalue weighted by atomic mass is 32.1. The lowest BCUT2D eigenvalue weighted by atomic mass is 10.1. The molecule has 1 heterocycles. The second-order valence-corrected chi connectivity index (χ2v) is 7.32. The molecule has 0 fully saturated rings. The van der Waals surface area contributed by atoms with Crippen LogP contribution in [0.25, 0.3) is 11.1 Å². The van der Waals surface area contributed by atoms with Crippen molar-refractivity contribution in [2.75, 3.05) is 14.2 Å². The summed E-state index contributed by atoms with van der Waals surface area (Å²) in [7, 11) is 3.32. The molecule has 3 rings (SSSR count). The molecule has 0 spiro atoms. The molecule has 26 heavy (non-hydrogen) atoms. The van der Waals surface area contributed by atoms with Gasteiger partial charge in [0.25, 0.3) is 5.91 Å². The predicted molar refractivity (Wildman–Crippen MR) is 103 cm³/mol. The summed E-state index contributed by atoms with van der Waals surface area (Å²) in [6, 6.07) is 16.2. The monoisotopic (exact) mass is 369 g/mol. The van der Waals surface area contributed by atoms with E-state index in [1.807, 2.05) is 37.3 Å². The van der Waals surface area contributed by atoms with Crippen LogP contribution in [0.5, 0.6) is 5.75 Å². The molecule has 0 aliphatic heterocycles. The highest BCUT2D eigenvalue weighted by Gasteiger charge is 2.18. The topological polar surface area (TPSA) is 29.5 Å². The fourth-order valence-electron chi connectivity index (χ4n) is 2.79. The fraction of sp³-hybridized carbons (Fsp3) is 0.190. The average Bonchev–Trinajstić information content (AvgIpc) is 3.04. The molecule has 2 aromatic carbocycles. The van der Waals surface area contributed by atoms with E-state index in [-0.39, 0.29) is 18.3 Å². The Kier molecular flexibility index (Phi) is 5.38. The normalized spacial score (nSPS) is 10.6. The molecule has 1 aromatic heterocycles. The lowest BCUT2D eigenvalue weighted by molar-refractivity contribution is 0.0788. The van der Waals surface area contributed by atoms with Crippen LogP contribution in [0.1, 0.15) is 20.1 Å². The van der Waals surface area contributed by atoms with Crippen LogP contribution in [-0.2, 0) is 6.54 Å². The van der Waals surface area contributed by atoms with Crippen molar-refractivity contribution in [2.24, 2.45) is 0 Å². The van der Waals surface area contributed by atoms with Crippen molar-refractivity contribution >= 4 is 17.2 Å². The summed E-state index contributed by atoms with van der Waals surface area (Å²) in [5, 5.41) is 0. The molecule has 0 N–H and O–H groups in total. The minimum Gasteiger partial charge on any atom is -0.497 e. The number of rotatable bonds is 5. The average molecular weight is 369 g/mol. The third-order valence-corrected chi connectivity index (χ3v) is 5.28. The molecule has 3 aromatic rings. The van der Waals surface area contributed by atoms with E-state index >= 15 is 0 Å². The Morgan fingerprint density at radius 3 is 2.50 bits per heavy atom. The van der Waals surface area contributed by atoms with E-state index < -0.39 is 0 Å². The van der Waals surface area contributed by atoms with Gasteiger partial charge in [-0.3, -0.25) is 4.79 Å². The number of ether oxygens (including phenoxy) is 1. The number of nitrogens with zero attached hydrogens (tertiary/aromatic N) is 1. The summed E-state index contributed by atoms with van der Waals surface area (Å²) in [5.41, 5.74) is 2.57. The number of benzene rings is 2. The molecule has 3 nitrogen and oxygen atoms in total. The highest BCUT2D eigenvalue weighted by Crippen LogP contribution is 2.32. The van der Waals surface area contributed by atoms with E-state index in [1.165, 1.54) is 17.4 Å². The molecule has 0 unspecified atom stereocenters. The van der Waals surface area contributed by atoms with Crippen molar-refractivity contribution in [3.8, 4) is 16.9 Å². The quantitative estimate of drug-likeness (QED) is 0.623. The maximum Gasteiger partial charge on any atom is 0.263 e. The molecule has 134 valence electrons. The zero-order chi connectivity index (χ0) is 18.7. The molecular weight excluding hydrogens is 349 g/mol. The van der Waals surface area contributed by atoms with Gasteiger partial charge in [-0.05, 0) is 42.3 Å². The standard InChI is InChI=1S/C21H20FNO2S/c1-14-18(15-8-10-17(25-3)11-9-15)12-20(26-14)21(24)23(2)13-16-6-4-5-7-19(16)22/h4-12H,13H2,1-3H3. The van der Waals surface area contributed by atoms with Crippen molar-refractivity contribution in [3.05, 3.63) is 75.7 Å². The molecule has 0 saturated heterocycles. The Hall–Kier alpha value is -2.66. The molecule has 0 atom stereocenters. The minimum absolute atomic E-state index is 0.110. The van der Waals surface area contributed by atoms with E-state index in [4.69, 9.17) is 4.74 Å². The Morgan fingerprint density at radius 1 is 1.15 bits per heavy atom. The van der Waals surface area contributed by atoms with Gasteiger partial charge in [-0.2, -0.15) is 0 Å². The van der Waals surface area contributed by atoms with Crippen molar-refractivity contribution in [1.82, 2.24) is 4.90 Å². The number of carbonyl (C=O) groups excluding carboxylic acids is 1. The highest BCUT2D eigenvalue weighted by molar-refractivity contribution is 7.14. The van der Waals surface area contributed by atoms with Gasteiger partial charge >= 0.3 is 0 Å². The maximum absolute atomic E-state index is 13.8. The number of hydrogen-bond acceptors (Lipinski definition) is 3. The van der Waals surface area contributed by atoms with Crippen LogP contribution in [0.2, 0.25) is 0 Å². The first-order valence-corrected chi connectivity index (χ1v) is 9.05. The molecule has 0 aliphatic rings. The number of thiophene rings is 1. The lowest BCUT2D eigenvalue weighted by Gasteiger charge is -2.16. The van der Waals surface area contributed by atoms with Gasteiger partial charge in [0.1, 0.15) is 11.6 Å². The third-order valence-electron chi connectivity index (χ3n) is 4.24. The van der Waals surface area contributed by atoms with Gasteiger partial charge in [-0.1, -0.05) is 30.3 Å². The number of aryl methyl sites for hydroxylation is 1. The number of halogens is 1. The summed E-state index contributed by atoms with van der Waals surface area (Å²) >= 11 is 1.45. The van der Waals surface area contributed by atoms with Crippen LogP contribution < -0.4 is 4.74 Å². The number of carbonyl (C=O) groups is 1. The summed E-state index contributed by atoms with van der Waals surface area (Å²) in [6.45, 7) is 2.23. The van der Waals surface area contributed by atoms with Gasteiger partial charge in [0.15, 0.2) is 0 Å². The van der Waals surface area contributed by atoms with E-state index in [0.717, 1.165) is 21.8 Å². The first kappa shape index (κ1) is 18.1. The molecule has 1 amide bonds. The van der Waals surface area contributed by atoms with Gasteiger partial charge in [-0.15, -0.1) is 11.3 Å². The second kappa shape index (κ2) is 7.70. The number of methoxy groups -OCH3 is 1. The Labute approximate surface area is 156 Å². The fourth-order valence-corrected chi connectivity index (χ4v) is 3.82. The lowest BCUT2D eigenvalue weighted by Crippen LogP contribution is -2.25. The van der Waals surface area contributed by atoms with Crippen LogP contribution >= 0.6 is 11.3 Å². The van der Waals surface area contributed by atoms with Gasteiger partial charge in [0, 0.05) is 24.0 Å². The van der Waals surface area contributed by atoms with E-state index in [9.17, 15) is 9.18 Å². The largest absolute Gasteiger partial charge is 0.497 e. The summed E-state index contributed by atoms with van der Waals surface area (Å²) in [4.78, 5) is 16.0. The van der Waals surface area contributed by atoms with Crippen molar-refractivity contribution in [1.29, 1.82) is 0 Å². The molecule has 5 heteroatoms. The molecule has 0 aliphatic carbocycles. The maximum atomic E-state index is 13.8. The predicted octanol–water partition coefficient (Wildman–Crippen LogP) is 5.14. The van der Waals surface area contributed by atoms with Gasteiger partial charge in [0.05, 0.1) is 12.0 Å². The smallest absolute Gasteiger partial charge is 0.263 e. The van der Waals surface area contributed by atoms with Crippen molar-refractivity contribution < 1.29 is 13.9 Å². The van der Waals surface area contributed by atoms with E-state index in [1.54, 1.807) is 37.3 Å². The van der Waals surface area contributed by atoms with Crippen molar-refractivity contribution in [2.45, 2.75) is 13.5 Å². The SMILES string of the molecule is COc1ccc(-c2cc(C(=O)N(C)Cc3ccccc3F)sc2C)cc1. The Morgan fingerprint density at radius 2 is 1.85 bits per heavy atom. The second-order valence-electron chi connectivity index (χ2n) is 6.06. The first-order valence-electron chi connectivity index (χ1n) is 8.23. The zero-order valence-corrected chi connectivity index (χ0v) is 15.8. The van der Waals surface area contributed by atoms with Gasteiger partial charge in [0.2, 0.25) is 0 Å². The van der Waals surface area contributed by atoms with Crippen LogP contribution in [0.3, 0.4) is 0 Å². The summed E-state index contributed by atoms with van der Waals surface area (Å²) in [6.07, 6.45) is 0. The summed E-state index contributed by atoms with van der Waals surface area (Å²) in [5.74, 6) is 0.386. The van der Waals surface area contributed by atoms with Crippen LogP contribution in [0.4, 0.5) is 4.39 Å². The van der Waals surface area contributed by atoms with Crippen LogP contribution in [-0.4, -0.2) is 25.0 Å². The van der Waals surface area contributed by atoms with E-state index in [2.05, 4.69) is 0 Å². The van der Waals surface area contributed by atoms with Crippen LogP contribution in [0.15, 0.2) is 54.6 Å². The number of amides is 1. The Balaban J connectivity index is 1.81.